The first-order valence-corrected chi connectivity index (χ1v) is 7.17. The monoisotopic (exact) mass is 274 g/mol. The molecule has 1 aliphatic carbocycles. The molecular formula is C16H22N2O2. The molecular weight excluding hydrogens is 252 g/mol. The number of aldehydes is 1. The molecule has 1 amide bonds. The van der Waals surface area contributed by atoms with E-state index in [2.05, 4.69) is 10.3 Å². The van der Waals surface area contributed by atoms with Gasteiger partial charge in [-0.05, 0) is 25.3 Å². The molecule has 1 fully saturated rings. The van der Waals surface area contributed by atoms with Crippen LogP contribution in [-0.4, -0.2) is 17.2 Å². The molecule has 4 heteroatoms. The summed E-state index contributed by atoms with van der Waals surface area (Å²) in [5.74, 6) is 0.294. The van der Waals surface area contributed by atoms with Crippen molar-refractivity contribution in [1.82, 2.24) is 4.98 Å². The van der Waals surface area contributed by atoms with Crippen molar-refractivity contribution in [3.63, 3.8) is 0 Å². The van der Waals surface area contributed by atoms with Crippen LogP contribution >= 0.6 is 0 Å². The molecule has 1 saturated carbocycles. The number of carbonyl (C=O) groups is 2. The number of amides is 1. The van der Waals surface area contributed by atoms with Crippen LogP contribution in [0.2, 0.25) is 0 Å². The van der Waals surface area contributed by atoms with Crippen molar-refractivity contribution in [2.24, 2.45) is 5.41 Å². The lowest BCUT2D eigenvalue weighted by atomic mass is 9.95. The van der Waals surface area contributed by atoms with Gasteiger partial charge in [0.2, 0.25) is 5.91 Å². The van der Waals surface area contributed by atoms with Crippen molar-refractivity contribution in [2.45, 2.75) is 52.9 Å². The Labute approximate surface area is 120 Å². The van der Waals surface area contributed by atoms with Crippen LogP contribution in [-0.2, 0) is 11.2 Å². The summed E-state index contributed by atoms with van der Waals surface area (Å²) in [6, 6.07) is 1.82. The van der Waals surface area contributed by atoms with Crippen LogP contribution in [0.1, 0.15) is 68.2 Å². The topological polar surface area (TPSA) is 59.1 Å². The van der Waals surface area contributed by atoms with Crippen molar-refractivity contribution in [2.75, 3.05) is 5.32 Å². The highest BCUT2D eigenvalue weighted by Gasteiger charge is 2.30. The predicted molar refractivity (Wildman–Crippen MR) is 79.1 cm³/mol. The lowest BCUT2D eigenvalue weighted by molar-refractivity contribution is -0.123. The number of pyridine rings is 1. The molecule has 0 saturated heterocycles. The zero-order chi connectivity index (χ0) is 14.9. The van der Waals surface area contributed by atoms with Gasteiger partial charge in [0.05, 0.1) is 16.9 Å². The van der Waals surface area contributed by atoms with Gasteiger partial charge in [-0.3, -0.25) is 14.6 Å². The van der Waals surface area contributed by atoms with Gasteiger partial charge in [0.1, 0.15) is 0 Å². The van der Waals surface area contributed by atoms with Gasteiger partial charge in [0, 0.05) is 17.0 Å². The Morgan fingerprint density at radius 2 is 2.10 bits per heavy atom. The third-order valence-electron chi connectivity index (χ3n) is 3.51. The van der Waals surface area contributed by atoms with Gasteiger partial charge in [0.25, 0.3) is 0 Å². The molecule has 0 aromatic carbocycles. The maximum atomic E-state index is 12.2. The molecule has 2 rings (SSSR count). The van der Waals surface area contributed by atoms with Gasteiger partial charge < -0.3 is 5.32 Å². The number of carbonyl (C=O) groups excluding carboxylic acids is 2. The number of aromatic nitrogens is 1. The second-order valence-corrected chi connectivity index (χ2v) is 6.41. The van der Waals surface area contributed by atoms with Crippen LogP contribution in [0.5, 0.6) is 0 Å². The normalized spacial score (nSPS) is 15.0. The third kappa shape index (κ3) is 3.06. The third-order valence-corrected chi connectivity index (χ3v) is 3.51. The fourth-order valence-corrected chi connectivity index (χ4v) is 2.02. The number of hydrogen-bond donors (Lipinski definition) is 1. The molecule has 0 radical (unpaired) electrons. The van der Waals surface area contributed by atoms with Crippen LogP contribution in [0.4, 0.5) is 5.69 Å². The first kappa shape index (κ1) is 14.7. The van der Waals surface area contributed by atoms with E-state index in [1.165, 1.54) is 0 Å². The summed E-state index contributed by atoms with van der Waals surface area (Å²) in [6.07, 6.45) is 3.76. The Kier molecular flexibility index (Phi) is 3.93. The van der Waals surface area contributed by atoms with E-state index in [1.807, 2.05) is 33.8 Å². The molecule has 1 aliphatic rings. The molecule has 108 valence electrons. The zero-order valence-electron chi connectivity index (χ0n) is 12.6. The minimum absolute atomic E-state index is 0.0874. The maximum Gasteiger partial charge on any atom is 0.229 e. The number of hydrogen-bond acceptors (Lipinski definition) is 3. The van der Waals surface area contributed by atoms with E-state index in [9.17, 15) is 9.59 Å². The van der Waals surface area contributed by atoms with E-state index < -0.39 is 5.41 Å². The summed E-state index contributed by atoms with van der Waals surface area (Å²) in [7, 11) is 0. The smallest absolute Gasteiger partial charge is 0.229 e. The van der Waals surface area contributed by atoms with Crippen LogP contribution in [0, 0.1) is 5.41 Å². The number of nitrogens with one attached hydrogen (secondary N) is 1. The first-order chi connectivity index (χ1) is 9.36. The molecule has 0 bridgehead atoms. The van der Waals surface area contributed by atoms with Crippen LogP contribution in [0.25, 0.3) is 0 Å². The molecule has 1 heterocycles. The van der Waals surface area contributed by atoms with Crippen molar-refractivity contribution in [1.29, 1.82) is 0 Å². The number of anilines is 1. The number of nitrogens with zero attached hydrogens (tertiary/aromatic N) is 1. The minimum Gasteiger partial charge on any atom is -0.325 e. The molecule has 0 atom stereocenters. The SMILES string of the molecule is CCc1cc(NC(=O)C(C)(C)C)c(C=O)c(C2CC2)n1. The summed E-state index contributed by atoms with van der Waals surface area (Å²) in [6.45, 7) is 7.58. The largest absolute Gasteiger partial charge is 0.325 e. The Balaban J connectivity index is 2.42. The van der Waals surface area contributed by atoms with E-state index >= 15 is 0 Å². The molecule has 1 aromatic rings. The van der Waals surface area contributed by atoms with Crippen molar-refractivity contribution < 1.29 is 9.59 Å². The van der Waals surface area contributed by atoms with Gasteiger partial charge in [-0.25, -0.2) is 0 Å². The molecule has 0 aliphatic heterocycles. The predicted octanol–water partition coefficient (Wildman–Crippen LogP) is 3.32. The van der Waals surface area contributed by atoms with E-state index in [4.69, 9.17) is 0 Å². The van der Waals surface area contributed by atoms with E-state index in [0.717, 1.165) is 36.9 Å². The quantitative estimate of drug-likeness (QED) is 0.857. The molecule has 4 nitrogen and oxygen atoms in total. The van der Waals surface area contributed by atoms with Crippen LogP contribution in [0.15, 0.2) is 6.07 Å². The van der Waals surface area contributed by atoms with Crippen LogP contribution in [0.3, 0.4) is 0 Å². The average Bonchev–Trinajstić information content (AvgIpc) is 3.20. The Morgan fingerprint density at radius 3 is 2.55 bits per heavy atom. The van der Waals surface area contributed by atoms with Gasteiger partial charge in [0.15, 0.2) is 6.29 Å². The zero-order valence-corrected chi connectivity index (χ0v) is 12.6. The summed E-state index contributed by atoms with van der Waals surface area (Å²) >= 11 is 0. The van der Waals surface area contributed by atoms with Crippen molar-refractivity contribution in [3.8, 4) is 0 Å². The molecule has 20 heavy (non-hydrogen) atoms. The minimum atomic E-state index is -0.491. The fourth-order valence-electron chi connectivity index (χ4n) is 2.02. The second-order valence-electron chi connectivity index (χ2n) is 6.41. The molecule has 1 aromatic heterocycles. The Hall–Kier alpha value is -1.71. The Morgan fingerprint density at radius 1 is 1.45 bits per heavy atom. The summed E-state index contributed by atoms with van der Waals surface area (Å²) in [5.41, 5.74) is 2.43. The highest BCUT2D eigenvalue weighted by Crippen LogP contribution is 2.42. The van der Waals surface area contributed by atoms with Gasteiger partial charge >= 0.3 is 0 Å². The van der Waals surface area contributed by atoms with Gasteiger partial charge in [-0.2, -0.15) is 0 Å². The fraction of sp³-hybridized carbons (Fsp3) is 0.562. The number of aryl methyl sites for hydroxylation is 1. The standard InChI is InChI=1S/C16H22N2O2/c1-5-11-8-13(18-15(20)16(2,3)4)12(9-19)14(17-11)10-6-7-10/h8-10H,5-7H2,1-4H3,(H,17,18,20). The van der Waals surface area contributed by atoms with Gasteiger partial charge in [-0.1, -0.05) is 27.7 Å². The van der Waals surface area contributed by atoms with Gasteiger partial charge in [-0.15, -0.1) is 0 Å². The lowest BCUT2D eigenvalue weighted by Crippen LogP contribution is -2.28. The van der Waals surface area contributed by atoms with E-state index in [1.54, 1.807) is 0 Å². The summed E-state index contributed by atoms with van der Waals surface area (Å²) in [5, 5.41) is 2.89. The van der Waals surface area contributed by atoms with Crippen LogP contribution < -0.4 is 5.32 Å². The second kappa shape index (κ2) is 5.35. The Bertz CT molecular complexity index is 540. The van der Waals surface area contributed by atoms with E-state index in [-0.39, 0.29) is 5.91 Å². The average molecular weight is 274 g/mol. The summed E-state index contributed by atoms with van der Waals surface area (Å²) in [4.78, 5) is 28.1. The maximum absolute atomic E-state index is 12.2. The highest BCUT2D eigenvalue weighted by molar-refractivity contribution is 5.99. The summed E-state index contributed by atoms with van der Waals surface area (Å²) < 4.78 is 0. The van der Waals surface area contributed by atoms with Crippen molar-refractivity contribution >= 4 is 17.9 Å². The number of rotatable bonds is 4. The van der Waals surface area contributed by atoms with Crippen molar-refractivity contribution in [3.05, 3.63) is 23.0 Å². The molecule has 1 N–H and O–H groups in total. The highest BCUT2D eigenvalue weighted by atomic mass is 16.2. The molecule has 0 spiro atoms. The van der Waals surface area contributed by atoms with E-state index in [0.29, 0.717) is 17.2 Å². The first-order valence-electron chi connectivity index (χ1n) is 7.17. The molecule has 0 unspecified atom stereocenters. The lowest BCUT2D eigenvalue weighted by Gasteiger charge is -2.20.